The predicted octanol–water partition coefficient (Wildman–Crippen LogP) is 5.94. The number of hydrogen-bond acceptors (Lipinski definition) is 3. The minimum atomic E-state index is -0.159. The molecule has 3 nitrogen and oxygen atoms in total. The third-order valence-corrected chi connectivity index (χ3v) is 13.7. The van der Waals surface area contributed by atoms with Gasteiger partial charge in [-0.1, -0.05) is 46.8 Å². The van der Waals surface area contributed by atoms with Crippen molar-refractivity contribution < 1.29 is 10.2 Å². The molecular weight excluding hydrogens is 406 g/mol. The zero-order valence-electron chi connectivity index (χ0n) is 22.1. The lowest BCUT2D eigenvalue weighted by Crippen LogP contribution is -2.66. The van der Waals surface area contributed by atoms with E-state index in [-0.39, 0.29) is 16.9 Å². The summed E-state index contributed by atoms with van der Waals surface area (Å²) in [6.07, 6.45) is 11.9. The number of aliphatic hydroxyl groups is 2. The van der Waals surface area contributed by atoms with Gasteiger partial charge >= 0.3 is 0 Å². The standard InChI is InChI=1S/C30H51NO2/c1-19(17-31)20-9-14-30(18-32)16-15-28(5)21(25(20)30)7-8-23-27(4)12-11-24(33)26(2,3)22(27)10-13-29(23,28)6/h20-25,32-33H,1,7-18,31H2,2-6H3/t20-,21?,22?,23?,24-,25?,27-,28+,29+,30+/m0/s1. The number of hydrogen-bond donors (Lipinski definition) is 3. The van der Waals surface area contributed by atoms with Gasteiger partial charge in [0.25, 0.3) is 0 Å². The smallest absolute Gasteiger partial charge is 0.0594 e. The maximum atomic E-state index is 10.9. The Kier molecular flexibility index (Phi) is 5.57. The maximum Gasteiger partial charge on any atom is 0.0594 e. The topological polar surface area (TPSA) is 66.5 Å². The van der Waals surface area contributed by atoms with E-state index in [1.54, 1.807) is 0 Å². The summed E-state index contributed by atoms with van der Waals surface area (Å²) in [6, 6.07) is 0. The second kappa shape index (κ2) is 7.56. The van der Waals surface area contributed by atoms with Crippen LogP contribution < -0.4 is 5.73 Å². The molecule has 0 aliphatic heterocycles. The summed E-state index contributed by atoms with van der Waals surface area (Å²) in [6.45, 7) is 18.0. The monoisotopic (exact) mass is 457 g/mol. The van der Waals surface area contributed by atoms with E-state index in [0.29, 0.717) is 53.1 Å². The molecule has 0 aromatic carbocycles. The first-order valence-corrected chi connectivity index (χ1v) is 14.1. The zero-order chi connectivity index (χ0) is 24.0. The van der Waals surface area contributed by atoms with E-state index in [1.807, 2.05) is 0 Å². The average Bonchev–Trinajstić information content (AvgIpc) is 3.17. The lowest BCUT2D eigenvalue weighted by atomic mass is 9.32. The molecular formula is C30H51NO2. The molecule has 0 saturated heterocycles. The minimum Gasteiger partial charge on any atom is -0.396 e. The van der Waals surface area contributed by atoms with Crippen LogP contribution in [0, 0.1) is 56.7 Å². The molecule has 10 atom stereocenters. The highest BCUT2D eigenvalue weighted by Gasteiger charge is 2.70. The lowest BCUT2D eigenvalue weighted by molar-refractivity contribution is -0.249. The van der Waals surface area contributed by atoms with Crippen molar-refractivity contribution in [3.05, 3.63) is 12.2 Å². The summed E-state index contributed by atoms with van der Waals surface area (Å²) >= 11 is 0. The fourth-order valence-corrected chi connectivity index (χ4v) is 11.6. The summed E-state index contributed by atoms with van der Waals surface area (Å²) < 4.78 is 0. The number of fused-ring (bicyclic) bond motifs is 7. The van der Waals surface area contributed by atoms with Crippen molar-refractivity contribution in [1.29, 1.82) is 0 Å². The summed E-state index contributed by atoms with van der Waals surface area (Å²) in [4.78, 5) is 0. The Morgan fingerprint density at radius 2 is 1.58 bits per heavy atom. The zero-order valence-corrected chi connectivity index (χ0v) is 22.1. The van der Waals surface area contributed by atoms with Gasteiger partial charge in [-0.3, -0.25) is 0 Å². The molecule has 0 bridgehead atoms. The Morgan fingerprint density at radius 1 is 0.848 bits per heavy atom. The number of nitrogens with two attached hydrogens (primary N) is 1. The van der Waals surface area contributed by atoms with Crippen molar-refractivity contribution >= 4 is 0 Å². The van der Waals surface area contributed by atoms with Gasteiger partial charge in [0.2, 0.25) is 0 Å². The van der Waals surface area contributed by atoms with Crippen molar-refractivity contribution in [3.8, 4) is 0 Å². The van der Waals surface area contributed by atoms with Crippen LogP contribution in [0.2, 0.25) is 0 Å². The molecule has 3 heteroatoms. The molecule has 4 unspecified atom stereocenters. The average molecular weight is 458 g/mol. The largest absolute Gasteiger partial charge is 0.396 e. The normalized spacial score (nSPS) is 55.2. The van der Waals surface area contributed by atoms with Crippen molar-refractivity contribution in [2.45, 2.75) is 105 Å². The van der Waals surface area contributed by atoms with Crippen molar-refractivity contribution in [2.24, 2.45) is 62.4 Å². The highest BCUT2D eigenvalue weighted by Crippen LogP contribution is 2.77. The van der Waals surface area contributed by atoms with Crippen LogP contribution >= 0.6 is 0 Å². The molecule has 0 amide bonds. The van der Waals surface area contributed by atoms with Crippen molar-refractivity contribution in [1.82, 2.24) is 0 Å². The summed E-state index contributed by atoms with van der Waals surface area (Å²) in [7, 11) is 0. The molecule has 188 valence electrons. The van der Waals surface area contributed by atoms with Crippen LogP contribution in [-0.4, -0.2) is 29.5 Å². The molecule has 0 heterocycles. The Morgan fingerprint density at radius 3 is 2.24 bits per heavy atom. The highest BCUT2D eigenvalue weighted by atomic mass is 16.3. The molecule has 33 heavy (non-hydrogen) atoms. The van der Waals surface area contributed by atoms with E-state index in [2.05, 4.69) is 41.2 Å². The molecule has 4 N–H and O–H groups in total. The van der Waals surface area contributed by atoms with E-state index in [0.717, 1.165) is 18.8 Å². The fraction of sp³-hybridized carbons (Fsp3) is 0.933. The van der Waals surface area contributed by atoms with Gasteiger partial charge in [0.05, 0.1) is 6.10 Å². The van der Waals surface area contributed by atoms with Gasteiger partial charge in [0.1, 0.15) is 0 Å². The van der Waals surface area contributed by atoms with E-state index < -0.39 is 0 Å². The third-order valence-electron chi connectivity index (χ3n) is 13.7. The Hall–Kier alpha value is -0.380. The Labute approximate surface area is 203 Å². The van der Waals surface area contributed by atoms with E-state index in [4.69, 9.17) is 5.73 Å². The van der Waals surface area contributed by atoms with Crippen LogP contribution in [0.15, 0.2) is 12.2 Å². The van der Waals surface area contributed by atoms with Gasteiger partial charge in [0.15, 0.2) is 0 Å². The van der Waals surface area contributed by atoms with Crippen molar-refractivity contribution in [3.63, 3.8) is 0 Å². The third kappa shape index (κ3) is 2.91. The molecule has 5 saturated carbocycles. The van der Waals surface area contributed by atoms with Gasteiger partial charge in [-0.05, 0) is 121 Å². The fourth-order valence-electron chi connectivity index (χ4n) is 11.6. The quantitative estimate of drug-likeness (QED) is 0.460. The van der Waals surface area contributed by atoms with Gasteiger partial charge in [0, 0.05) is 13.2 Å². The lowest BCUT2D eigenvalue weighted by Gasteiger charge is -2.73. The van der Waals surface area contributed by atoms with Crippen LogP contribution in [0.1, 0.15) is 98.8 Å². The van der Waals surface area contributed by atoms with Crippen LogP contribution in [0.4, 0.5) is 0 Å². The Bertz CT molecular complexity index is 807. The molecule has 0 radical (unpaired) electrons. The van der Waals surface area contributed by atoms with E-state index >= 15 is 0 Å². The Balaban J connectivity index is 1.54. The molecule has 5 rings (SSSR count). The molecule has 0 aromatic rings. The molecule has 5 aliphatic carbocycles. The van der Waals surface area contributed by atoms with Crippen LogP contribution in [0.5, 0.6) is 0 Å². The summed E-state index contributed by atoms with van der Waals surface area (Å²) in [5.41, 5.74) is 8.44. The molecule has 5 fully saturated rings. The molecule has 0 aromatic heterocycles. The summed E-state index contributed by atoms with van der Waals surface area (Å²) in [5, 5.41) is 21.6. The summed E-state index contributed by atoms with van der Waals surface area (Å²) in [5.74, 6) is 3.05. The minimum absolute atomic E-state index is 0.0140. The second-order valence-electron chi connectivity index (χ2n) is 14.6. The van der Waals surface area contributed by atoms with Gasteiger partial charge in [-0.15, -0.1) is 0 Å². The second-order valence-corrected chi connectivity index (χ2v) is 14.6. The first-order chi connectivity index (χ1) is 15.4. The maximum absolute atomic E-state index is 10.9. The van der Waals surface area contributed by atoms with E-state index in [1.165, 1.54) is 56.9 Å². The van der Waals surface area contributed by atoms with Gasteiger partial charge in [-0.25, -0.2) is 0 Å². The first kappa shape index (κ1) is 24.3. The number of aliphatic hydroxyl groups excluding tert-OH is 2. The van der Waals surface area contributed by atoms with Crippen molar-refractivity contribution in [2.75, 3.05) is 13.2 Å². The van der Waals surface area contributed by atoms with Gasteiger partial charge in [-0.2, -0.15) is 0 Å². The van der Waals surface area contributed by atoms with Crippen LogP contribution in [0.25, 0.3) is 0 Å². The highest BCUT2D eigenvalue weighted by molar-refractivity contribution is 5.22. The SMILES string of the molecule is C=C(CN)[C@@H]1CC[C@]2(CO)CC[C@]3(C)C(CCC4[C@@]5(C)CC[C@H](O)C(C)(C)C5CC[C@]43C)C12. The van der Waals surface area contributed by atoms with Gasteiger partial charge < -0.3 is 15.9 Å². The molecule has 5 aliphatic rings. The van der Waals surface area contributed by atoms with Crippen LogP contribution in [0.3, 0.4) is 0 Å². The van der Waals surface area contributed by atoms with E-state index in [9.17, 15) is 10.2 Å². The predicted molar refractivity (Wildman–Crippen MR) is 135 cm³/mol. The van der Waals surface area contributed by atoms with Crippen LogP contribution in [-0.2, 0) is 0 Å². The number of rotatable bonds is 3. The molecule has 0 spiro atoms. The first-order valence-electron chi connectivity index (χ1n) is 14.1.